The number of thiophene rings is 1. The van der Waals surface area contributed by atoms with Crippen molar-refractivity contribution in [3.8, 4) is 0 Å². The highest BCUT2D eigenvalue weighted by Gasteiger charge is 2.26. The zero-order chi connectivity index (χ0) is 13.2. The first kappa shape index (κ1) is 14.1. The second-order valence-corrected chi connectivity index (χ2v) is 8.22. The molecule has 1 aliphatic heterocycles. The van der Waals surface area contributed by atoms with Gasteiger partial charge in [-0.15, -0.1) is 11.3 Å². The molecule has 1 aliphatic carbocycles. The normalized spacial score (nSPS) is 27.7. The average molecular weight is 343 g/mol. The van der Waals surface area contributed by atoms with Crippen LogP contribution in [0.1, 0.15) is 49.1 Å². The van der Waals surface area contributed by atoms with Crippen molar-refractivity contribution < 1.29 is 0 Å². The molecule has 0 amide bonds. The number of hydrogen-bond acceptors (Lipinski definition) is 3. The van der Waals surface area contributed by atoms with E-state index in [2.05, 4.69) is 39.1 Å². The first-order valence-corrected chi connectivity index (χ1v) is 9.14. The molecule has 0 bridgehead atoms. The predicted molar refractivity (Wildman–Crippen MR) is 86.0 cm³/mol. The third-order valence-corrected chi connectivity index (χ3v) is 6.30. The van der Waals surface area contributed by atoms with Crippen LogP contribution in [-0.4, -0.2) is 30.6 Å². The molecule has 3 rings (SSSR count). The van der Waals surface area contributed by atoms with Crippen molar-refractivity contribution in [1.29, 1.82) is 0 Å². The van der Waals surface area contributed by atoms with E-state index >= 15 is 0 Å². The van der Waals surface area contributed by atoms with E-state index in [1.807, 2.05) is 11.3 Å². The molecule has 19 heavy (non-hydrogen) atoms. The van der Waals surface area contributed by atoms with E-state index in [-0.39, 0.29) is 0 Å². The number of halogens is 1. The molecule has 0 aromatic carbocycles. The summed E-state index contributed by atoms with van der Waals surface area (Å²) in [7, 11) is 0. The molecule has 1 saturated heterocycles. The standard InChI is InChI=1S/C15H23BrN2S/c1-2-18-8-4-5-11(18)10-17-13-6-3-7-14-12(13)9-15(16)19-14/h9,11,13,17H,2-8,10H2,1H3. The number of nitrogens with one attached hydrogen (secondary N) is 1. The molecule has 2 nitrogen and oxygen atoms in total. The summed E-state index contributed by atoms with van der Waals surface area (Å²) in [6.07, 6.45) is 6.65. The smallest absolute Gasteiger partial charge is 0.0704 e. The van der Waals surface area contributed by atoms with E-state index < -0.39 is 0 Å². The summed E-state index contributed by atoms with van der Waals surface area (Å²) >= 11 is 5.56. The number of likely N-dealkylation sites (tertiary alicyclic amines) is 1. The van der Waals surface area contributed by atoms with Crippen LogP contribution >= 0.6 is 27.3 Å². The summed E-state index contributed by atoms with van der Waals surface area (Å²) in [6.45, 7) is 5.94. The topological polar surface area (TPSA) is 15.3 Å². The van der Waals surface area contributed by atoms with E-state index in [1.54, 1.807) is 10.4 Å². The van der Waals surface area contributed by atoms with Crippen LogP contribution in [0.2, 0.25) is 0 Å². The molecule has 2 atom stereocenters. The molecule has 1 aromatic heterocycles. The van der Waals surface area contributed by atoms with Crippen molar-refractivity contribution in [2.24, 2.45) is 0 Å². The molecular formula is C15H23BrN2S. The number of hydrogen-bond donors (Lipinski definition) is 1. The van der Waals surface area contributed by atoms with Crippen LogP contribution in [0.25, 0.3) is 0 Å². The van der Waals surface area contributed by atoms with E-state index in [1.165, 1.54) is 49.0 Å². The number of fused-ring (bicyclic) bond motifs is 1. The Kier molecular flexibility index (Phi) is 4.62. The predicted octanol–water partition coefficient (Wildman–Crippen LogP) is 3.96. The first-order chi connectivity index (χ1) is 9.28. The zero-order valence-electron chi connectivity index (χ0n) is 11.6. The zero-order valence-corrected chi connectivity index (χ0v) is 14.0. The number of nitrogens with zero attached hydrogens (tertiary/aromatic N) is 1. The maximum Gasteiger partial charge on any atom is 0.0704 e. The van der Waals surface area contributed by atoms with Crippen LogP contribution in [0.3, 0.4) is 0 Å². The van der Waals surface area contributed by atoms with Gasteiger partial charge in [-0.1, -0.05) is 6.92 Å². The lowest BCUT2D eigenvalue weighted by atomic mass is 9.94. The fourth-order valence-electron chi connectivity index (χ4n) is 3.55. The van der Waals surface area contributed by atoms with Crippen LogP contribution in [0, 0.1) is 0 Å². The van der Waals surface area contributed by atoms with Crippen molar-refractivity contribution in [2.45, 2.75) is 51.1 Å². The Balaban J connectivity index is 1.61. The van der Waals surface area contributed by atoms with E-state index in [0.29, 0.717) is 6.04 Å². The van der Waals surface area contributed by atoms with Gasteiger partial charge in [-0.05, 0) is 72.8 Å². The van der Waals surface area contributed by atoms with Gasteiger partial charge in [0.15, 0.2) is 0 Å². The molecule has 0 saturated carbocycles. The Morgan fingerprint density at radius 1 is 1.42 bits per heavy atom. The van der Waals surface area contributed by atoms with Crippen molar-refractivity contribution >= 4 is 27.3 Å². The number of rotatable bonds is 4. The van der Waals surface area contributed by atoms with Gasteiger partial charge in [0.2, 0.25) is 0 Å². The molecular weight excluding hydrogens is 320 g/mol. The number of likely N-dealkylation sites (N-methyl/N-ethyl adjacent to an activating group) is 1. The fourth-order valence-corrected chi connectivity index (χ4v) is 5.37. The second-order valence-electron chi connectivity index (χ2n) is 5.71. The molecule has 106 valence electrons. The summed E-state index contributed by atoms with van der Waals surface area (Å²) in [4.78, 5) is 4.22. The van der Waals surface area contributed by atoms with Crippen LogP contribution in [-0.2, 0) is 6.42 Å². The van der Waals surface area contributed by atoms with Gasteiger partial charge in [0.05, 0.1) is 3.79 Å². The van der Waals surface area contributed by atoms with Gasteiger partial charge < -0.3 is 5.32 Å². The third kappa shape index (κ3) is 3.07. The maximum absolute atomic E-state index is 3.84. The second kappa shape index (κ2) is 6.25. The minimum Gasteiger partial charge on any atom is -0.308 e. The van der Waals surface area contributed by atoms with Gasteiger partial charge in [-0.2, -0.15) is 0 Å². The van der Waals surface area contributed by atoms with Gasteiger partial charge >= 0.3 is 0 Å². The quantitative estimate of drug-likeness (QED) is 0.890. The van der Waals surface area contributed by atoms with Crippen molar-refractivity contribution in [3.63, 3.8) is 0 Å². The van der Waals surface area contributed by atoms with Crippen LogP contribution in [0.15, 0.2) is 9.85 Å². The highest BCUT2D eigenvalue weighted by Crippen LogP contribution is 2.38. The highest BCUT2D eigenvalue weighted by atomic mass is 79.9. The summed E-state index contributed by atoms with van der Waals surface area (Å²) in [5.74, 6) is 0. The summed E-state index contributed by atoms with van der Waals surface area (Å²) in [6, 6.07) is 3.69. The minimum atomic E-state index is 0.589. The van der Waals surface area contributed by atoms with Crippen LogP contribution < -0.4 is 5.32 Å². The fraction of sp³-hybridized carbons (Fsp3) is 0.733. The van der Waals surface area contributed by atoms with Gasteiger partial charge in [0.1, 0.15) is 0 Å². The van der Waals surface area contributed by atoms with E-state index in [4.69, 9.17) is 0 Å². The lowest BCUT2D eigenvalue weighted by molar-refractivity contribution is 0.251. The minimum absolute atomic E-state index is 0.589. The van der Waals surface area contributed by atoms with Gasteiger partial charge in [0.25, 0.3) is 0 Å². The monoisotopic (exact) mass is 342 g/mol. The molecule has 4 heteroatoms. The lowest BCUT2D eigenvalue weighted by Crippen LogP contribution is -2.39. The average Bonchev–Trinajstić information content (AvgIpc) is 3.00. The number of aryl methyl sites for hydroxylation is 1. The Morgan fingerprint density at radius 2 is 2.32 bits per heavy atom. The molecule has 0 spiro atoms. The lowest BCUT2D eigenvalue weighted by Gasteiger charge is -2.28. The Labute approximate surface area is 128 Å². The first-order valence-electron chi connectivity index (χ1n) is 7.53. The van der Waals surface area contributed by atoms with Crippen molar-refractivity contribution in [1.82, 2.24) is 10.2 Å². The van der Waals surface area contributed by atoms with Crippen molar-refractivity contribution in [3.05, 3.63) is 20.3 Å². The Morgan fingerprint density at radius 3 is 3.16 bits per heavy atom. The van der Waals surface area contributed by atoms with Gasteiger partial charge in [-0.3, -0.25) is 4.90 Å². The van der Waals surface area contributed by atoms with Crippen LogP contribution in [0.5, 0.6) is 0 Å². The Hall–Kier alpha value is 0.100. The molecule has 0 radical (unpaired) electrons. The highest BCUT2D eigenvalue weighted by molar-refractivity contribution is 9.11. The van der Waals surface area contributed by atoms with Crippen molar-refractivity contribution in [2.75, 3.05) is 19.6 Å². The summed E-state index contributed by atoms with van der Waals surface area (Å²) in [5, 5.41) is 3.84. The SMILES string of the molecule is CCN1CCCC1CNC1CCCc2sc(Br)cc21. The molecule has 2 aliphatic rings. The van der Waals surface area contributed by atoms with Gasteiger partial charge in [-0.25, -0.2) is 0 Å². The van der Waals surface area contributed by atoms with Crippen LogP contribution in [0.4, 0.5) is 0 Å². The van der Waals surface area contributed by atoms with E-state index in [0.717, 1.165) is 12.6 Å². The maximum atomic E-state index is 3.84. The Bertz CT molecular complexity index is 432. The largest absolute Gasteiger partial charge is 0.308 e. The molecule has 2 unspecified atom stereocenters. The molecule has 1 N–H and O–H groups in total. The molecule has 1 fully saturated rings. The molecule has 2 heterocycles. The summed E-state index contributed by atoms with van der Waals surface area (Å²) in [5.41, 5.74) is 1.56. The summed E-state index contributed by atoms with van der Waals surface area (Å²) < 4.78 is 1.29. The molecule has 1 aromatic rings. The third-order valence-electron chi connectivity index (χ3n) is 4.59. The van der Waals surface area contributed by atoms with E-state index in [9.17, 15) is 0 Å². The van der Waals surface area contributed by atoms with Gasteiger partial charge in [0, 0.05) is 23.5 Å².